The van der Waals surface area contributed by atoms with Crippen LogP contribution in [-0.2, 0) is 10.0 Å². The molecule has 0 saturated carbocycles. The Morgan fingerprint density at radius 2 is 1.66 bits per heavy atom. The first-order valence-electron chi connectivity index (χ1n) is 9.66. The lowest BCUT2D eigenvalue weighted by Gasteiger charge is -2.34. The number of carbonyl (C=O) groups is 1. The first-order chi connectivity index (χ1) is 15.2. The van der Waals surface area contributed by atoms with Gasteiger partial charge < -0.3 is 9.42 Å². The van der Waals surface area contributed by atoms with E-state index in [0.717, 1.165) is 22.5 Å². The Morgan fingerprint density at radius 3 is 2.28 bits per heavy atom. The summed E-state index contributed by atoms with van der Waals surface area (Å²) >= 11 is 6.24. The van der Waals surface area contributed by atoms with Crippen LogP contribution in [0.5, 0.6) is 0 Å². The molecule has 1 aromatic heterocycles. The van der Waals surface area contributed by atoms with Gasteiger partial charge in [0.25, 0.3) is 5.91 Å². The summed E-state index contributed by atoms with van der Waals surface area (Å²) in [6.45, 7) is 1.42. The SMILES string of the molecule is Cc1onc(-c2ccccc2Cl)c1C(=O)N1CCN(S(=O)(=O)c2c(F)cccc2F)CC1. The minimum atomic E-state index is -4.39. The van der Waals surface area contributed by atoms with Crippen molar-refractivity contribution in [2.45, 2.75) is 11.8 Å². The summed E-state index contributed by atoms with van der Waals surface area (Å²) in [5, 5.41) is 4.38. The first kappa shape index (κ1) is 22.4. The van der Waals surface area contributed by atoms with Crippen LogP contribution in [0, 0.1) is 18.6 Å². The predicted octanol–water partition coefficient (Wildman–Crippen LogP) is 3.73. The van der Waals surface area contributed by atoms with Crippen LogP contribution in [0.2, 0.25) is 5.02 Å². The third-order valence-electron chi connectivity index (χ3n) is 5.25. The van der Waals surface area contributed by atoms with Gasteiger partial charge in [0.2, 0.25) is 10.0 Å². The van der Waals surface area contributed by atoms with Gasteiger partial charge in [-0.3, -0.25) is 4.79 Å². The Morgan fingerprint density at radius 1 is 1.03 bits per heavy atom. The number of hydrogen-bond acceptors (Lipinski definition) is 5. The molecule has 7 nitrogen and oxygen atoms in total. The minimum Gasteiger partial charge on any atom is -0.360 e. The molecule has 1 aliphatic rings. The number of sulfonamides is 1. The van der Waals surface area contributed by atoms with Gasteiger partial charge in [0, 0.05) is 31.7 Å². The smallest absolute Gasteiger partial charge is 0.259 e. The number of hydrogen-bond donors (Lipinski definition) is 0. The average Bonchev–Trinajstić information content (AvgIpc) is 3.14. The van der Waals surface area contributed by atoms with E-state index < -0.39 is 32.5 Å². The van der Waals surface area contributed by atoms with Gasteiger partial charge >= 0.3 is 0 Å². The molecule has 1 saturated heterocycles. The van der Waals surface area contributed by atoms with Crippen molar-refractivity contribution in [1.29, 1.82) is 0 Å². The van der Waals surface area contributed by atoms with Crippen LogP contribution in [0.25, 0.3) is 11.3 Å². The normalized spacial score (nSPS) is 15.2. The average molecular weight is 482 g/mol. The molecule has 0 atom stereocenters. The summed E-state index contributed by atoms with van der Waals surface area (Å²) in [6, 6.07) is 9.76. The van der Waals surface area contributed by atoms with Gasteiger partial charge in [0.05, 0.1) is 5.02 Å². The summed E-state index contributed by atoms with van der Waals surface area (Å²) in [4.78, 5) is 13.7. The Balaban J connectivity index is 1.56. The highest BCUT2D eigenvalue weighted by atomic mass is 35.5. The summed E-state index contributed by atoms with van der Waals surface area (Å²) in [5.74, 6) is -2.41. The molecule has 0 spiro atoms. The molecule has 1 fully saturated rings. The van der Waals surface area contributed by atoms with Gasteiger partial charge in [-0.05, 0) is 25.1 Å². The molecule has 32 heavy (non-hydrogen) atoms. The van der Waals surface area contributed by atoms with Crippen molar-refractivity contribution >= 4 is 27.5 Å². The van der Waals surface area contributed by atoms with E-state index in [1.165, 1.54) is 4.90 Å². The highest BCUT2D eigenvalue weighted by Crippen LogP contribution is 2.32. The van der Waals surface area contributed by atoms with Crippen LogP contribution in [0.1, 0.15) is 16.1 Å². The van der Waals surface area contributed by atoms with Crippen molar-refractivity contribution in [2.24, 2.45) is 0 Å². The second kappa shape index (κ2) is 8.61. The molecule has 2 aromatic carbocycles. The molecule has 4 rings (SSSR count). The standard InChI is InChI=1S/C21H18ClF2N3O4S/c1-13-18(19(25-31-13)14-5-2-3-6-15(14)22)21(28)26-9-11-27(12-10-26)32(29,30)20-16(23)7-4-8-17(20)24/h2-8H,9-12H2,1H3. The summed E-state index contributed by atoms with van der Waals surface area (Å²) in [5.41, 5.74) is 1.06. The molecule has 11 heteroatoms. The summed E-state index contributed by atoms with van der Waals surface area (Å²) < 4.78 is 59.8. The molecule has 0 aliphatic carbocycles. The van der Waals surface area contributed by atoms with Crippen LogP contribution < -0.4 is 0 Å². The van der Waals surface area contributed by atoms with E-state index in [2.05, 4.69) is 5.16 Å². The molecule has 1 amide bonds. The zero-order valence-corrected chi connectivity index (χ0v) is 18.5. The third-order valence-corrected chi connectivity index (χ3v) is 7.53. The Labute approximate surface area is 188 Å². The fourth-order valence-corrected chi connectivity index (χ4v) is 5.37. The van der Waals surface area contributed by atoms with Crippen molar-refractivity contribution in [3.05, 3.63) is 70.4 Å². The fraction of sp³-hybridized carbons (Fsp3) is 0.238. The van der Waals surface area contributed by atoms with Crippen molar-refractivity contribution in [1.82, 2.24) is 14.4 Å². The number of carbonyl (C=O) groups excluding carboxylic acids is 1. The number of rotatable bonds is 4. The monoisotopic (exact) mass is 481 g/mol. The van der Waals surface area contributed by atoms with Gasteiger partial charge in [0.1, 0.15) is 28.7 Å². The molecule has 0 radical (unpaired) electrons. The van der Waals surface area contributed by atoms with E-state index in [1.807, 2.05) is 0 Å². The van der Waals surface area contributed by atoms with Crippen LogP contribution in [0.3, 0.4) is 0 Å². The van der Waals surface area contributed by atoms with Gasteiger partial charge in [-0.2, -0.15) is 4.31 Å². The molecule has 0 unspecified atom stereocenters. The predicted molar refractivity (Wildman–Crippen MR) is 113 cm³/mol. The maximum absolute atomic E-state index is 14.0. The lowest BCUT2D eigenvalue weighted by atomic mass is 10.0. The topological polar surface area (TPSA) is 83.7 Å². The van der Waals surface area contributed by atoms with Gasteiger partial charge in [0.15, 0.2) is 4.90 Å². The second-order valence-corrected chi connectivity index (χ2v) is 9.47. The molecule has 168 valence electrons. The lowest BCUT2D eigenvalue weighted by molar-refractivity contribution is 0.0696. The van der Waals surface area contributed by atoms with E-state index in [0.29, 0.717) is 22.0 Å². The maximum Gasteiger partial charge on any atom is 0.259 e. The number of aryl methyl sites for hydroxylation is 1. The summed E-state index contributed by atoms with van der Waals surface area (Å²) in [7, 11) is -4.39. The molecule has 2 heterocycles. The lowest BCUT2D eigenvalue weighted by Crippen LogP contribution is -2.50. The fourth-order valence-electron chi connectivity index (χ4n) is 3.61. The van der Waals surface area contributed by atoms with Gasteiger partial charge in [-0.15, -0.1) is 0 Å². The van der Waals surface area contributed by atoms with Gasteiger partial charge in [-0.1, -0.05) is 41.0 Å². The molecular weight excluding hydrogens is 464 g/mol. The molecular formula is C21H18ClF2N3O4S. The zero-order chi connectivity index (χ0) is 23.0. The highest BCUT2D eigenvalue weighted by Gasteiger charge is 2.35. The van der Waals surface area contributed by atoms with Crippen molar-refractivity contribution in [3.8, 4) is 11.3 Å². The van der Waals surface area contributed by atoms with Crippen molar-refractivity contribution in [2.75, 3.05) is 26.2 Å². The van der Waals surface area contributed by atoms with Crippen LogP contribution in [0.15, 0.2) is 51.9 Å². The quantitative estimate of drug-likeness (QED) is 0.567. The third kappa shape index (κ3) is 3.89. The molecule has 0 bridgehead atoms. The number of piperazine rings is 1. The summed E-state index contributed by atoms with van der Waals surface area (Å²) in [6.07, 6.45) is 0. The molecule has 3 aromatic rings. The Kier molecular flexibility index (Phi) is 6.02. The van der Waals surface area contributed by atoms with E-state index in [1.54, 1.807) is 31.2 Å². The number of aromatic nitrogens is 1. The number of amides is 1. The number of halogens is 3. The molecule has 0 N–H and O–H groups in total. The van der Waals surface area contributed by atoms with Crippen LogP contribution >= 0.6 is 11.6 Å². The van der Waals surface area contributed by atoms with E-state index in [-0.39, 0.29) is 31.7 Å². The van der Waals surface area contributed by atoms with Crippen LogP contribution in [0.4, 0.5) is 8.78 Å². The van der Waals surface area contributed by atoms with Crippen molar-refractivity contribution < 1.29 is 26.5 Å². The largest absolute Gasteiger partial charge is 0.360 e. The number of nitrogens with zero attached hydrogens (tertiary/aromatic N) is 3. The number of benzene rings is 2. The first-order valence-corrected chi connectivity index (χ1v) is 11.5. The van der Waals surface area contributed by atoms with Crippen molar-refractivity contribution in [3.63, 3.8) is 0 Å². The minimum absolute atomic E-state index is 0.0285. The zero-order valence-electron chi connectivity index (χ0n) is 16.9. The Hall–Kier alpha value is -2.82. The molecule has 1 aliphatic heterocycles. The van der Waals surface area contributed by atoms with E-state index >= 15 is 0 Å². The van der Waals surface area contributed by atoms with E-state index in [9.17, 15) is 22.0 Å². The van der Waals surface area contributed by atoms with Gasteiger partial charge in [-0.25, -0.2) is 17.2 Å². The Bertz CT molecular complexity index is 1270. The van der Waals surface area contributed by atoms with E-state index in [4.69, 9.17) is 16.1 Å². The second-order valence-electron chi connectivity index (χ2n) is 7.19. The highest BCUT2D eigenvalue weighted by molar-refractivity contribution is 7.89. The maximum atomic E-state index is 14.0. The van der Waals surface area contributed by atoms with Crippen LogP contribution in [-0.4, -0.2) is 54.9 Å².